The number of carbonyl (C=O) groups is 2. The molecular formula is C33H40F2N4O7S. The molecule has 47 heavy (non-hydrogen) atoms. The number of rotatable bonds is 8. The number of methoxy groups -OCH3 is 1. The summed E-state index contributed by atoms with van der Waals surface area (Å²) >= 11 is 0. The number of likely N-dealkylation sites (tertiary alicyclic amines) is 1. The quantitative estimate of drug-likeness (QED) is 0.283. The van der Waals surface area contributed by atoms with Crippen LogP contribution in [0.2, 0.25) is 0 Å². The number of ether oxygens (including phenoxy) is 2. The third kappa shape index (κ3) is 8.26. The first-order chi connectivity index (χ1) is 22.0. The van der Waals surface area contributed by atoms with Gasteiger partial charge >= 0.3 is 12.2 Å². The Bertz CT molecular complexity index is 1830. The number of sulfone groups is 1. The number of piperidine rings is 1. The lowest BCUT2D eigenvalue weighted by atomic mass is 10.0. The molecule has 1 fully saturated rings. The average molecular weight is 675 g/mol. The molecule has 0 saturated carbocycles. The highest BCUT2D eigenvalue weighted by atomic mass is 32.2. The molecule has 0 aliphatic carbocycles. The van der Waals surface area contributed by atoms with Gasteiger partial charge in [0.05, 0.1) is 42.3 Å². The molecule has 254 valence electrons. The number of alkyl halides is 1. The highest BCUT2D eigenvalue weighted by Gasteiger charge is 2.32. The van der Waals surface area contributed by atoms with Crippen LogP contribution < -0.4 is 15.0 Å². The maximum Gasteiger partial charge on any atom is 0.415 e. The molecule has 1 aliphatic rings. The van der Waals surface area contributed by atoms with Crippen molar-refractivity contribution in [2.24, 2.45) is 0 Å². The second-order valence-electron chi connectivity index (χ2n) is 12.3. The summed E-state index contributed by atoms with van der Waals surface area (Å²) < 4.78 is 67.6. The van der Waals surface area contributed by atoms with Crippen LogP contribution in [-0.4, -0.2) is 86.0 Å². The monoisotopic (exact) mass is 674 g/mol. The van der Waals surface area contributed by atoms with E-state index in [9.17, 15) is 27.5 Å². The normalized spacial score (nSPS) is 16.7. The van der Waals surface area contributed by atoms with Gasteiger partial charge in [0.25, 0.3) is 0 Å². The summed E-state index contributed by atoms with van der Waals surface area (Å²) in [5.74, 6) is 4.84. The number of hydrogen-bond donors (Lipinski definition) is 2. The number of halogens is 2. The van der Waals surface area contributed by atoms with E-state index in [4.69, 9.17) is 9.47 Å². The molecule has 11 nitrogen and oxygen atoms in total. The topological polar surface area (TPSA) is 130 Å². The first-order valence-electron chi connectivity index (χ1n) is 15.1. The smallest absolute Gasteiger partial charge is 0.415 e. The molecule has 3 aromatic rings. The van der Waals surface area contributed by atoms with Crippen LogP contribution in [0.1, 0.15) is 46.2 Å². The minimum absolute atomic E-state index is 0.186. The SMILES string of the molecule is CCCn1c(C#CCN(C(=O)OC(C)(C)C)c2c(F)cc(S(C)(=O)=O)cc2OC)cc2c(NC3CCN(C(=O)O)CC3F)cccc21. The molecule has 4 rings (SSSR count). The van der Waals surface area contributed by atoms with Crippen molar-refractivity contribution in [3.63, 3.8) is 0 Å². The number of carbonyl (C=O) groups excluding carboxylic acids is 1. The number of fused-ring (bicyclic) bond motifs is 1. The third-order valence-electron chi connectivity index (χ3n) is 7.53. The Morgan fingerprint density at radius 3 is 2.53 bits per heavy atom. The van der Waals surface area contributed by atoms with Gasteiger partial charge in [0, 0.05) is 36.5 Å². The predicted molar refractivity (Wildman–Crippen MR) is 175 cm³/mol. The lowest BCUT2D eigenvalue weighted by Gasteiger charge is -2.34. The van der Waals surface area contributed by atoms with Crippen LogP contribution in [0.15, 0.2) is 41.3 Å². The maximum absolute atomic E-state index is 15.5. The fraction of sp³-hybridized carbons (Fsp3) is 0.455. The minimum atomic E-state index is -3.78. The second-order valence-corrected chi connectivity index (χ2v) is 14.3. The van der Waals surface area contributed by atoms with Gasteiger partial charge in [0.2, 0.25) is 0 Å². The van der Waals surface area contributed by atoms with Crippen LogP contribution in [-0.2, 0) is 21.1 Å². The Morgan fingerprint density at radius 2 is 1.94 bits per heavy atom. The Kier molecular flexibility index (Phi) is 10.6. The van der Waals surface area contributed by atoms with Crippen molar-refractivity contribution in [1.82, 2.24) is 9.47 Å². The summed E-state index contributed by atoms with van der Waals surface area (Å²) in [6.45, 7) is 7.25. The molecule has 2 unspecified atom stereocenters. The summed E-state index contributed by atoms with van der Waals surface area (Å²) in [5.41, 5.74) is 0.854. The van der Waals surface area contributed by atoms with E-state index >= 15 is 4.39 Å². The molecule has 0 spiro atoms. The van der Waals surface area contributed by atoms with Crippen LogP contribution in [0.25, 0.3) is 10.9 Å². The zero-order valence-electron chi connectivity index (χ0n) is 27.3. The lowest BCUT2D eigenvalue weighted by molar-refractivity contribution is 0.0582. The molecule has 14 heteroatoms. The van der Waals surface area contributed by atoms with Crippen molar-refractivity contribution >= 4 is 44.3 Å². The summed E-state index contributed by atoms with van der Waals surface area (Å²) in [6, 6.07) is 8.80. The van der Waals surface area contributed by atoms with Gasteiger partial charge < -0.3 is 29.4 Å². The Labute approximate surface area is 273 Å². The molecular weight excluding hydrogens is 634 g/mol. The zero-order valence-corrected chi connectivity index (χ0v) is 28.1. The lowest BCUT2D eigenvalue weighted by Crippen LogP contribution is -2.49. The van der Waals surface area contributed by atoms with Crippen LogP contribution in [0, 0.1) is 17.7 Å². The van der Waals surface area contributed by atoms with Crippen molar-refractivity contribution < 1.29 is 41.4 Å². The standard InChI is InChI=1S/C33H40F2N4O7S/c1-7-14-38-21(17-23-26(11-8-12-28(23)38)36-27-13-16-37(31(40)41)20-25(27)35)10-9-15-39(32(42)46-33(2,3)4)30-24(34)18-22(47(6,43)44)19-29(30)45-5/h8,11-12,17-19,25,27,36H,7,13-16,20H2,1-6H3,(H,40,41). The molecule has 2 aromatic carbocycles. The first kappa shape index (κ1) is 35.3. The molecule has 2 heterocycles. The molecule has 0 radical (unpaired) electrons. The number of hydrogen-bond acceptors (Lipinski definition) is 7. The fourth-order valence-electron chi connectivity index (χ4n) is 5.36. The van der Waals surface area contributed by atoms with Crippen LogP contribution >= 0.6 is 0 Å². The van der Waals surface area contributed by atoms with Crippen molar-refractivity contribution in [1.29, 1.82) is 0 Å². The largest absolute Gasteiger partial charge is 0.494 e. The van der Waals surface area contributed by atoms with E-state index in [1.54, 1.807) is 20.8 Å². The average Bonchev–Trinajstić information content (AvgIpc) is 3.33. The molecule has 1 saturated heterocycles. The van der Waals surface area contributed by atoms with E-state index in [1.165, 1.54) is 7.11 Å². The summed E-state index contributed by atoms with van der Waals surface area (Å²) in [4.78, 5) is 26.4. The Morgan fingerprint density at radius 1 is 1.21 bits per heavy atom. The van der Waals surface area contributed by atoms with Crippen LogP contribution in [0.4, 0.5) is 29.7 Å². The van der Waals surface area contributed by atoms with Gasteiger partial charge in [-0.3, -0.25) is 4.90 Å². The van der Waals surface area contributed by atoms with Crippen LogP contribution in [0.5, 0.6) is 5.75 Å². The zero-order chi connectivity index (χ0) is 34.7. The predicted octanol–water partition coefficient (Wildman–Crippen LogP) is 5.90. The van der Waals surface area contributed by atoms with Gasteiger partial charge in [-0.05, 0) is 63.8 Å². The van der Waals surface area contributed by atoms with Crippen molar-refractivity contribution in [3.05, 3.63) is 47.9 Å². The van der Waals surface area contributed by atoms with Gasteiger partial charge in [-0.2, -0.15) is 0 Å². The van der Waals surface area contributed by atoms with E-state index in [1.807, 2.05) is 35.8 Å². The summed E-state index contributed by atoms with van der Waals surface area (Å²) in [7, 11) is -2.55. The molecule has 1 aliphatic heterocycles. The number of benzene rings is 2. The van der Waals surface area contributed by atoms with E-state index < -0.39 is 45.7 Å². The van der Waals surface area contributed by atoms with Gasteiger partial charge in [-0.1, -0.05) is 18.9 Å². The number of aromatic nitrogens is 1. The first-order valence-corrected chi connectivity index (χ1v) is 17.0. The Balaban J connectivity index is 1.72. The maximum atomic E-state index is 15.5. The molecule has 2 amide bonds. The summed E-state index contributed by atoms with van der Waals surface area (Å²) in [5, 5.41) is 13.3. The summed E-state index contributed by atoms with van der Waals surface area (Å²) in [6.07, 6.45) is -1.44. The van der Waals surface area contributed by atoms with E-state index in [0.717, 1.165) is 45.5 Å². The highest BCUT2D eigenvalue weighted by Crippen LogP contribution is 2.35. The molecule has 0 bridgehead atoms. The molecule has 2 atom stereocenters. The van der Waals surface area contributed by atoms with Crippen LogP contribution in [0.3, 0.4) is 0 Å². The number of carboxylic acid groups (broad SMARTS) is 1. The highest BCUT2D eigenvalue weighted by molar-refractivity contribution is 7.90. The number of nitrogens with one attached hydrogen (secondary N) is 1. The van der Waals surface area contributed by atoms with Gasteiger partial charge in [-0.15, -0.1) is 0 Å². The fourth-order valence-corrected chi connectivity index (χ4v) is 6.00. The van der Waals surface area contributed by atoms with Crippen molar-refractivity contribution in [2.45, 2.75) is 69.8 Å². The number of aryl methyl sites for hydroxylation is 1. The van der Waals surface area contributed by atoms with Gasteiger partial charge in [-0.25, -0.2) is 26.8 Å². The molecule has 1 aromatic heterocycles. The Hall–Kier alpha value is -4.51. The van der Waals surface area contributed by atoms with E-state index in [0.29, 0.717) is 24.3 Å². The minimum Gasteiger partial charge on any atom is -0.494 e. The van der Waals surface area contributed by atoms with Gasteiger partial charge in [0.1, 0.15) is 23.2 Å². The third-order valence-corrected chi connectivity index (χ3v) is 8.63. The van der Waals surface area contributed by atoms with E-state index in [-0.39, 0.29) is 36.0 Å². The number of anilines is 2. The molecule has 2 N–H and O–H groups in total. The van der Waals surface area contributed by atoms with Gasteiger partial charge in [0.15, 0.2) is 15.7 Å². The number of nitrogens with zero attached hydrogens (tertiary/aromatic N) is 3. The number of amides is 2. The van der Waals surface area contributed by atoms with Crippen molar-refractivity contribution in [3.8, 4) is 17.6 Å². The van der Waals surface area contributed by atoms with Crippen molar-refractivity contribution in [2.75, 3.05) is 43.2 Å². The second kappa shape index (κ2) is 14.1. The van der Waals surface area contributed by atoms with E-state index in [2.05, 4.69) is 17.2 Å².